The fraction of sp³-hybridized carbons (Fsp3) is 0.227. The van der Waals surface area contributed by atoms with Crippen LogP contribution in [-0.4, -0.2) is 46.3 Å². The molecule has 0 spiro atoms. The molecule has 1 saturated heterocycles. The number of hydrogen-bond donors (Lipinski definition) is 2. The molecule has 1 heterocycles. The normalized spacial score (nSPS) is 16.2. The summed E-state index contributed by atoms with van der Waals surface area (Å²) in [5, 5.41) is 12.4. The van der Waals surface area contributed by atoms with Crippen LogP contribution in [0.5, 0.6) is 0 Å². The number of aliphatic hydroxyl groups excluding tert-OH is 1. The fourth-order valence-corrected chi connectivity index (χ4v) is 4.08. The molecule has 0 aliphatic carbocycles. The van der Waals surface area contributed by atoms with Gasteiger partial charge in [-0.05, 0) is 47.5 Å². The lowest BCUT2D eigenvalue weighted by Gasteiger charge is -2.18. The molecule has 2 N–H and O–H groups in total. The predicted molar refractivity (Wildman–Crippen MR) is 118 cm³/mol. The predicted octanol–water partition coefficient (Wildman–Crippen LogP) is 3.49. The Bertz CT molecular complexity index is 965. The van der Waals surface area contributed by atoms with E-state index in [9.17, 15) is 19.5 Å². The number of rotatable bonds is 8. The highest BCUT2D eigenvalue weighted by Gasteiger charge is 2.35. The molecule has 1 aliphatic rings. The molecule has 8 heteroatoms. The van der Waals surface area contributed by atoms with Gasteiger partial charge in [-0.15, -0.1) is 0 Å². The van der Waals surface area contributed by atoms with Crippen molar-refractivity contribution >= 4 is 46.5 Å². The molecule has 2 aromatic rings. The Morgan fingerprint density at radius 3 is 2.63 bits per heavy atom. The van der Waals surface area contributed by atoms with E-state index in [-0.39, 0.29) is 25.5 Å². The number of carbonyl (C=O) groups is 3. The van der Waals surface area contributed by atoms with Gasteiger partial charge in [-0.2, -0.15) is 0 Å². The Kier molecular flexibility index (Phi) is 7.68. The molecule has 3 amide bonds. The zero-order chi connectivity index (χ0) is 21.5. The fourth-order valence-electron chi connectivity index (χ4n) is 3.01. The summed E-state index contributed by atoms with van der Waals surface area (Å²) in [7, 11) is 0. The van der Waals surface area contributed by atoms with Gasteiger partial charge in [0, 0.05) is 18.0 Å². The van der Waals surface area contributed by atoms with Crippen LogP contribution in [-0.2, 0) is 16.0 Å². The van der Waals surface area contributed by atoms with Crippen molar-refractivity contribution in [3.05, 3.63) is 75.7 Å². The Morgan fingerprint density at radius 1 is 1.17 bits per heavy atom. The number of hydrogen-bond acceptors (Lipinski definition) is 5. The molecule has 30 heavy (non-hydrogen) atoms. The number of nitrogens with zero attached hydrogens (tertiary/aromatic N) is 1. The zero-order valence-corrected chi connectivity index (χ0v) is 17.7. The van der Waals surface area contributed by atoms with Gasteiger partial charge in [-0.1, -0.05) is 54.1 Å². The smallest absolute Gasteiger partial charge is 0.293 e. The molecule has 2 aromatic carbocycles. The van der Waals surface area contributed by atoms with E-state index in [1.807, 2.05) is 30.3 Å². The van der Waals surface area contributed by atoms with Gasteiger partial charge in [0.15, 0.2) is 0 Å². The lowest BCUT2D eigenvalue weighted by Crippen LogP contribution is -2.41. The van der Waals surface area contributed by atoms with Crippen molar-refractivity contribution in [2.45, 2.75) is 18.9 Å². The quantitative estimate of drug-likeness (QED) is 0.608. The highest BCUT2D eigenvalue weighted by atomic mass is 35.5. The van der Waals surface area contributed by atoms with Crippen LogP contribution in [0, 0.1) is 0 Å². The van der Waals surface area contributed by atoms with Crippen molar-refractivity contribution in [1.29, 1.82) is 0 Å². The molecule has 1 fully saturated rings. The van der Waals surface area contributed by atoms with Crippen LogP contribution < -0.4 is 5.32 Å². The van der Waals surface area contributed by atoms with Crippen LogP contribution in [0.3, 0.4) is 0 Å². The Hall–Kier alpha value is -2.61. The van der Waals surface area contributed by atoms with Crippen molar-refractivity contribution in [2.75, 3.05) is 13.2 Å². The minimum Gasteiger partial charge on any atom is -0.394 e. The molecule has 3 rings (SSSR count). The summed E-state index contributed by atoms with van der Waals surface area (Å²) in [6, 6.07) is 16.1. The first-order valence-corrected chi connectivity index (χ1v) is 10.6. The van der Waals surface area contributed by atoms with Crippen LogP contribution >= 0.6 is 23.4 Å². The number of nitrogens with one attached hydrogen (secondary N) is 1. The third-order valence-corrected chi connectivity index (χ3v) is 5.64. The van der Waals surface area contributed by atoms with E-state index in [0.29, 0.717) is 16.3 Å². The molecular weight excluding hydrogens is 424 g/mol. The van der Waals surface area contributed by atoms with E-state index in [2.05, 4.69) is 5.32 Å². The molecule has 156 valence electrons. The minimum atomic E-state index is -0.433. The number of carbonyl (C=O) groups excluding carboxylic acids is 3. The third kappa shape index (κ3) is 5.95. The summed E-state index contributed by atoms with van der Waals surface area (Å²) in [5.74, 6) is -0.761. The van der Waals surface area contributed by atoms with Crippen LogP contribution in [0.25, 0.3) is 6.08 Å². The highest BCUT2D eigenvalue weighted by Crippen LogP contribution is 2.32. The highest BCUT2D eigenvalue weighted by molar-refractivity contribution is 8.18. The third-order valence-electron chi connectivity index (χ3n) is 4.49. The lowest BCUT2D eigenvalue weighted by molar-refractivity contribution is -0.124. The van der Waals surface area contributed by atoms with Crippen LogP contribution in [0.15, 0.2) is 59.5 Å². The number of aliphatic hydroxyl groups is 1. The van der Waals surface area contributed by atoms with E-state index in [4.69, 9.17) is 11.6 Å². The monoisotopic (exact) mass is 444 g/mol. The number of halogens is 1. The van der Waals surface area contributed by atoms with E-state index in [0.717, 1.165) is 27.8 Å². The Labute approximate surface area is 183 Å². The molecule has 0 radical (unpaired) electrons. The summed E-state index contributed by atoms with van der Waals surface area (Å²) in [4.78, 5) is 38.4. The second-order valence-corrected chi connectivity index (χ2v) is 8.20. The van der Waals surface area contributed by atoms with Gasteiger partial charge in [0.2, 0.25) is 5.91 Å². The lowest BCUT2D eigenvalue weighted by atomic mass is 10.1. The minimum absolute atomic E-state index is 0.0210. The summed E-state index contributed by atoms with van der Waals surface area (Å²) in [5.41, 5.74) is 1.71. The molecular formula is C22H21ClN2O4S. The average molecular weight is 445 g/mol. The number of thioether (sulfide) groups is 1. The van der Waals surface area contributed by atoms with E-state index < -0.39 is 17.2 Å². The van der Waals surface area contributed by atoms with Crippen molar-refractivity contribution in [3.63, 3.8) is 0 Å². The number of benzene rings is 2. The first kappa shape index (κ1) is 22.1. The maximum Gasteiger partial charge on any atom is 0.293 e. The van der Waals surface area contributed by atoms with Crippen molar-refractivity contribution in [2.24, 2.45) is 0 Å². The van der Waals surface area contributed by atoms with Gasteiger partial charge in [0.05, 0.1) is 17.6 Å². The molecule has 1 aliphatic heterocycles. The van der Waals surface area contributed by atoms with Gasteiger partial charge < -0.3 is 10.4 Å². The first-order valence-electron chi connectivity index (χ1n) is 9.41. The second-order valence-electron chi connectivity index (χ2n) is 6.78. The number of imide groups is 1. The van der Waals surface area contributed by atoms with Crippen LogP contribution in [0.4, 0.5) is 4.79 Å². The largest absolute Gasteiger partial charge is 0.394 e. The van der Waals surface area contributed by atoms with Crippen molar-refractivity contribution in [1.82, 2.24) is 10.2 Å². The van der Waals surface area contributed by atoms with Crippen LogP contribution in [0.1, 0.15) is 17.5 Å². The molecule has 0 aromatic heterocycles. The van der Waals surface area contributed by atoms with Gasteiger partial charge >= 0.3 is 0 Å². The molecule has 1 atom stereocenters. The second kappa shape index (κ2) is 10.4. The van der Waals surface area contributed by atoms with E-state index in [1.54, 1.807) is 30.3 Å². The molecule has 6 nitrogen and oxygen atoms in total. The standard InChI is InChI=1S/C22H21ClN2O4S/c23-17-8-4-7-16(11-17)13-19-21(28)25(22(29)30-19)10-9-20(27)24-18(14-26)12-15-5-2-1-3-6-15/h1-8,11,13,18,26H,9-10,12,14H2,(H,24,27). The average Bonchev–Trinajstić information content (AvgIpc) is 2.99. The van der Waals surface area contributed by atoms with E-state index >= 15 is 0 Å². The topological polar surface area (TPSA) is 86.7 Å². The maximum absolute atomic E-state index is 12.5. The summed E-state index contributed by atoms with van der Waals surface area (Å²) in [6.07, 6.45) is 2.07. The van der Waals surface area contributed by atoms with Crippen molar-refractivity contribution in [3.8, 4) is 0 Å². The molecule has 0 saturated carbocycles. The van der Waals surface area contributed by atoms with Crippen molar-refractivity contribution < 1.29 is 19.5 Å². The summed E-state index contributed by atoms with van der Waals surface area (Å²) < 4.78 is 0. The van der Waals surface area contributed by atoms with E-state index in [1.165, 1.54) is 0 Å². The first-order chi connectivity index (χ1) is 14.5. The summed E-state index contributed by atoms with van der Waals surface area (Å²) in [6.45, 7) is -0.225. The van der Waals surface area contributed by atoms with Gasteiger partial charge in [-0.3, -0.25) is 19.3 Å². The Morgan fingerprint density at radius 2 is 1.93 bits per heavy atom. The van der Waals surface area contributed by atoms with Gasteiger partial charge in [0.25, 0.3) is 11.1 Å². The SMILES string of the molecule is O=C(CCN1C(=O)SC(=Cc2cccc(Cl)c2)C1=O)NC(CO)Cc1ccccc1. The van der Waals surface area contributed by atoms with Gasteiger partial charge in [-0.25, -0.2) is 0 Å². The molecule has 0 bridgehead atoms. The number of amides is 3. The maximum atomic E-state index is 12.5. The zero-order valence-electron chi connectivity index (χ0n) is 16.1. The van der Waals surface area contributed by atoms with Gasteiger partial charge in [0.1, 0.15) is 0 Å². The Balaban J connectivity index is 1.55. The molecule has 1 unspecified atom stereocenters. The summed E-state index contributed by atoms with van der Waals surface area (Å²) >= 11 is 6.79. The van der Waals surface area contributed by atoms with Crippen LogP contribution in [0.2, 0.25) is 5.02 Å².